The van der Waals surface area contributed by atoms with Gasteiger partial charge in [-0.1, -0.05) is 54.6 Å². The molecule has 1 saturated heterocycles. The van der Waals surface area contributed by atoms with Gasteiger partial charge in [0.05, 0.1) is 6.04 Å². The number of benzene rings is 2. The van der Waals surface area contributed by atoms with Crippen molar-refractivity contribution in [3.8, 4) is 0 Å². The van der Waals surface area contributed by atoms with E-state index in [1.54, 1.807) is 0 Å². The summed E-state index contributed by atoms with van der Waals surface area (Å²) < 4.78 is 0. The van der Waals surface area contributed by atoms with E-state index in [2.05, 4.69) is 71.7 Å². The minimum atomic E-state index is 0.424. The molecule has 23 heavy (non-hydrogen) atoms. The second kappa shape index (κ2) is 7.60. The van der Waals surface area contributed by atoms with Gasteiger partial charge in [-0.25, -0.2) is 0 Å². The molecule has 0 bridgehead atoms. The van der Waals surface area contributed by atoms with Crippen LogP contribution in [0.2, 0.25) is 0 Å². The zero-order valence-corrected chi connectivity index (χ0v) is 14.5. The van der Waals surface area contributed by atoms with Crippen molar-refractivity contribution in [1.29, 1.82) is 0 Å². The normalized spacial score (nSPS) is 17.3. The number of likely N-dealkylation sites (tertiary alicyclic amines) is 1. The molecular formula is C20H24N2S. The van der Waals surface area contributed by atoms with Gasteiger partial charge in [-0.05, 0) is 55.1 Å². The first-order valence-corrected chi connectivity index (χ1v) is 8.80. The lowest BCUT2D eigenvalue weighted by molar-refractivity contribution is 0.392. The van der Waals surface area contributed by atoms with Gasteiger partial charge in [0.1, 0.15) is 0 Å². The number of nitrogens with zero attached hydrogens (tertiary/aromatic N) is 1. The number of hydrogen-bond acceptors (Lipinski definition) is 1. The van der Waals surface area contributed by atoms with Crippen molar-refractivity contribution < 1.29 is 0 Å². The van der Waals surface area contributed by atoms with Gasteiger partial charge in [0.25, 0.3) is 0 Å². The summed E-state index contributed by atoms with van der Waals surface area (Å²) in [4.78, 5) is 2.36. The largest absolute Gasteiger partial charge is 0.362 e. The van der Waals surface area contributed by atoms with Crippen LogP contribution in [0.5, 0.6) is 0 Å². The van der Waals surface area contributed by atoms with E-state index in [9.17, 15) is 0 Å². The molecule has 0 aromatic heterocycles. The molecule has 1 aliphatic heterocycles. The highest BCUT2D eigenvalue weighted by atomic mass is 32.1. The third-order valence-electron chi connectivity index (χ3n) is 4.59. The van der Waals surface area contributed by atoms with Crippen molar-refractivity contribution in [2.45, 2.75) is 32.2 Å². The van der Waals surface area contributed by atoms with Gasteiger partial charge in [0, 0.05) is 13.1 Å². The summed E-state index contributed by atoms with van der Waals surface area (Å²) in [7, 11) is 0. The van der Waals surface area contributed by atoms with Crippen LogP contribution < -0.4 is 5.32 Å². The highest BCUT2D eigenvalue weighted by Crippen LogP contribution is 2.33. The summed E-state index contributed by atoms with van der Waals surface area (Å²) in [5.74, 6) is 0. The molecule has 1 fully saturated rings. The average molecular weight is 324 g/mol. The van der Waals surface area contributed by atoms with E-state index in [0.29, 0.717) is 6.04 Å². The number of aryl methyl sites for hydroxylation is 1. The zero-order valence-electron chi connectivity index (χ0n) is 13.7. The summed E-state index contributed by atoms with van der Waals surface area (Å²) >= 11 is 5.66. The fourth-order valence-corrected chi connectivity index (χ4v) is 3.67. The second-order valence-corrected chi connectivity index (χ2v) is 6.56. The molecule has 0 unspecified atom stereocenters. The first kappa shape index (κ1) is 16.0. The van der Waals surface area contributed by atoms with Crippen molar-refractivity contribution >= 4 is 17.3 Å². The second-order valence-electron chi connectivity index (χ2n) is 6.18. The summed E-state index contributed by atoms with van der Waals surface area (Å²) in [6.07, 6.45) is 3.40. The molecule has 0 amide bonds. The Kier molecular flexibility index (Phi) is 5.29. The Morgan fingerprint density at radius 2 is 1.87 bits per heavy atom. The van der Waals surface area contributed by atoms with E-state index in [0.717, 1.165) is 24.6 Å². The molecule has 1 aliphatic rings. The fraction of sp³-hybridized carbons (Fsp3) is 0.350. The quantitative estimate of drug-likeness (QED) is 0.847. The Bertz CT molecular complexity index is 654. The topological polar surface area (TPSA) is 15.3 Å². The van der Waals surface area contributed by atoms with Crippen LogP contribution in [0, 0.1) is 6.92 Å². The molecule has 1 N–H and O–H groups in total. The van der Waals surface area contributed by atoms with Crippen LogP contribution in [0.15, 0.2) is 54.6 Å². The summed E-state index contributed by atoms with van der Waals surface area (Å²) in [6.45, 7) is 4.13. The molecule has 3 heteroatoms. The molecule has 0 saturated carbocycles. The van der Waals surface area contributed by atoms with E-state index < -0.39 is 0 Å². The first-order valence-electron chi connectivity index (χ1n) is 8.39. The van der Waals surface area contributed by atoms with Crippen LogP contribution >= 0.6 is 12.2 Å². The SMILES string of the molecule is Cc1ccccc1[C@H]1CCCN1C(=S)NCCc1ccccc1. The summed E-state index contributed by atoms with van der Waals surface area (Å²) in [5, 5.41) is 4.34. The highest BCUT2D eigenvalue weighted by Gasteiger charge is 2.28. The standard InChI is InChI=1S/C20H24N2S/c1-16-8-5-6-11-18(16)19-12-7-15-22(19)20(23)21-14-13-17-9-3-2-4-10-17/h2-6,8-11,19H,7,12-15H2,1H3,(H,21,23)/t19-/m1/s1. The Hall–Kier alpha value is -1.87. The van der Waals surface area contributed by atoms with E-state index in [1.807, 2.05) is 0 Å². The monoisotopic (exact) mass is 324 g/mol. The maximum absolute atomic E-state index is 5.66. The highest BCUT2D eigenvalue weighted by molar-refractivity contribution is 7.80. The minimum Gasteiger partial charge on any atom is -0.362 e. The molecule has 1 heterocycles. The molecule has 0 radical (unpaired) electrons. The predicted octanol–water partition coefficient (Wildman–Crippen LogP) is 4.25. The van der Waals surface area contributed by atoms with Gasteiger partial charge in [-0.2, -0.15) is 0 Å². The van der Waals surface area contributed by atoms with Crippen molar-refractivity contribution in [2.75, 3.05) is 13.1 Å². The van der Waals surface area contributed by atoms with Crippen LogP contribution in [0.3, 0.4) is 0 Å². The van der Waals surface area contributed by atoms with Gasteiger partial charge >= 0.3 is 0 Å². The maximum atomic E-state index is 5.66. The van der Waals surface area contributed by atoms with Gasteiger partial charge in [0.15, 0.2) is 5.11 Å². The predicted molar refractivity (Wildman–Crippen MR) is 101 cm³/mol. The Balaban J connectivity index is 1.59. The van der Waals surface area contributed by atoms with Crippen LogP contribution in [-0.2, 0) is 6.42 Å². The number of rotatable bonds is 4. The molecule has 1 atom stereocenters. The summed E-state index contributed by atoms with van der Waals surface area (Å²) in [5.41, 5.74) is 4.12. The lowest BCUT2D eigenvalue weighted by Crippen LogP contribution is -2.40. The van der Waals surface area contributed by atoms with Crippen LogP contribution in [0.4, 0.5) is 0 Å². The molecule has 2 aromatic carbocycles. The molecule has 2 nitrogen and oxygen atoms in total. The Labute approximate surface area is 144 Å². The zero-order chi connectivity index (χ0) is 16.1. The Morgan fingerprint density at radius 1 is 1.13 bits per heavy atom. The lowest BCUT2D eigenvalue weighted by atomic mass is 9.99. The third-order valence-corrected chi connectivity index (χ3v) is 4.97. The fourth-order valence-electron chi connectivity index (χ4n) is 3.35. The summed E-state index contributed by atoms with van der Waals surface area (Å²) in [6, 6.07) is 19.6. The van der Waals surface area contributed by atoms with Crippen LogP contribution in [0.25, 0.3) is 0 Å². The Morgan fingerprint density at radius 3 is 2.65 bits per heavy atom. The lowest BCUT2D eigenvalue weighted by Gasteiger charge is -2.29. The molecule has 3 rings (SSSR count). The van der Waals surface area contributed by atoms with E-state index in [4.69, 9.17) is 12.2 Å². The average Bonchev–Trinajstić information content (AvgIpc) is 3.06. The first-order chi connectivity index (χ1) is 11.3. The molecule has 2 aromatic rings. The number of thiocarbonyl (C=S) groups is 1. The smallest absolute Gasteiger partial charge is 0.169 e. The van der Waals surface area contributed by atoms with E-state index >= 15 is 0 Å². The van der Waals surface area contributed by atoms with Gasteiger partial charge < -0.3 is 10.2 Å². The van der Waals surface area contributed by atoms with E-state index in [1.165, 1.54) is 29.5 Å². The third kappa shape index (κ3) is 3.91. The van der Waals surface area contributed by atoms with Crippen LogP contribution in [0.1, 0.15) is 35.6 Å². The van der Waals surface area contributed by atoms with Crippen molar-refractivity contribution in [3.63, 3.8) is 0 Å². The van der Waals surface area contributed by atoms with Crippen molar-refractivity contribution in [3.05, 3.63) is 71.3 Å². The molecule has 0 aliphatic carbocycles. The van der Waals surface area contributed by atoms with Crippen LogP contribution in [-0.4, -0.2) is 23.1 Å². The molecular weight excluding hydrogens is 300 g/mol. The van der Waals surface area contributed by atoms with Gasteiger partial charge in [-0.15, -0.1) is 0 Å². The minimum absolute atomic E-state index is 0.424. The molecule has 120 valence electrons. The van der Waals surface area contributed by atoms with Crippen molar-refractivity contribution in [2.24, 2.45) is 0 Å². The van der Waals surface area contributed by atoms with Crippen molar-refractivity contribution in [1.82, 2.24) is 10.2 Å². The number of nitrogens with one attached hydrogen (secondary N) is 1. The van der Waals surface area contributed by atoms with E-state index in [-0.39, 0.29) is 0 Å². The number of hydrogen-bond donors (Lipinski definition) is 1. The molecule has 0 spiro atoms. The van der Waals surface area contributed by atoms with Gasteiger partial charge in [0.2, 0.25) is 0 Å². The van der Waals surface area contributed by atoms with Gasteiger partial charge in [-0.3, -0.25) is 0 Å². The maximum Gasteiger partial charge on any atom is 0.169 e.